The van der Waals surface area contributed by atoms with Gasteiger partial charge in [-0.3, -0.25) is 4.79 Å². The largest absolute Gasteiger partial charge is 0.416 e. The normalized spacial score (nSPS) is 11.8. The summed E-state index contributed by atoms with van der Waals surface area (Å²) in [6, 6.07) is 13.4. The van der Waals surface area contributed by atoms with Gasteiger partial charge in [-0.05, 0) is 23.8 Å². The highest BCUT2D eigenvalue weighted by Gasteiger charge is 2.30. The summed E-state index contributed by atoms with van der Waals surface area (Å²) in [5.41, 5.74) is -0.0938. The quantitative estimate of drug-likeness (QED) is 0.726. The van der Waals surface area contributed by atoms with Crippen LogP contribution in [0.25, 0.3) is 10.9 Å². The van der Waals surface area contributed by atoms with Gasteiger partial charge >= 0.3 is 6.18 Å². The van der Waals surface area contributed by atoms with E-state index in [2.05, 4.69) is 5.10 Å². The van der Waals surface area contributed by atoms with Gasteiger partial charge in [0.05, 0.1) is 17.6 Å². The van der Waals surface area contributed by atoms with Crippen LogP contribution in [0, 0.1) is 0 Å². The van der Waals surface area contributed by atoms with Gasteiger partial charge in [0.15, 0.2) is 0 Å². The number of benzene rings is 2. The average Bonchev–Trinajstić information content (AvgIpc) is 2.47. The van der Waals surface area contributed by atoms with Gasteiger partial charge in [-0.15, -0.1) is 0 Å². The Balaban J connectivity index is 2.00. The van der Waals surface area contributed by atoms with Crippen LogP contribution in [0.1, 0.15) is 11.1 Å². The summed E-state index contributed by atoms with van der Waals surface area (Å²) >= 11 is 0. The van der Waals surface area contributed by atoms with Gasteiger partial charge in [0.1, 0.15) is 0 Å². The maximum atomic E-state index is 12.7. The first-order valence-corrected chi connectivity index (χ1v) is 6.56. The molecule has 0 saturated carbocycles. The van der Waals surface area contributed by atoms with Gasteiger partial charge in [-0.1, -0.05) is 30.3 Å². The molecule has 0 radical (unpaired) electrons. The molecule has 0 aliphatic carbocycles. The molecule has 0 bridgehead atoms. The van der Waals surface area contributed by atoms with Gasteiger partial charge in [0.25, 0.3) is 5.56 Å². The van der Waals surface area contributed by atoms with Crippen molar-refractivity contribution < 1.29 is 13.2 Å². The van der Waals surface area contributed by atoms with Crippen LogP contribution in [0.15, 0.2) is 59.4 Å². The Morgan fingerprint density at radius 3 is 2.55 bits per heavy atom. The van der Waals surface area contributed by atoms with Crippen LogP contribution < -0.4 is 5.56 Å². The van der Waals surface area contributed by atoms with Crippen molar-refractivity contribution in [1.29, 1.82) is 0 Å². The molecule has 0 amide bonds. The molecule has 1 aromatic heterocycles. The van der Waals surface area contributed by atoms with Crippen molar-refractivity contribution in [2.24, 2.45) is 0 Å². The third-order valence-electron chi connectivity index (χ3n) is 3.29. The second-order valence-electron chi connectivity index (χ2n) is 4.90. The van der Waals surface area contributed by atoms with Crippen molar-refractivity contribution in [2.75, 3.05) is 0 Å². The smallest absolute Gasteiger partial charge is 0.268 e. The van der Waals surface area contributed by atoms with Crippen LogP contribution >= 0.6 is 0 Å². The first-order chi connectivity index (χ1) is 10.4. The van der Waals surface area contributed by atoms with Crippen LogP contribution in [-0.2, 0) is 12.7 Å². The lowest BCUT2D eigenvalue weighted by Gasteiger charge is -2.10. The number of aromatic nitrogens is 2. The predicted molar refractivity (Wildman–Crippen MR) is 76.5 cm³/mol. The maximum Gasteiger partial charge on any atom is 0.416 e. The van der Waals surface area contributed by atoms with E-state index in [1.807, 2.05) is 0 Å². The van der Waals surface area contributed by atoms with E-state index in [0.29, 0.717) is 16.5 Å². The van der Waals surface area contributed by atoms with E-state index in [0.717, 1.165) is 16.8 Å². The Morgan fingerprint density at radius 2 is 1.77 bits per heavy atom. The lowest BCUT2D eigenvalue weighted by atomic mass is 10.1. The summed E-state index contributed by atoms with van der Waals surface area (Å²) in [5.74, 6) is 0. The zero-order valence-corrected chi connectivity index (χ0v) is 11.3. The van der Waals surface area contributed by atoms with E-state index in [1.54, 1.807) is 30.3 Å². The molecular weight excluding hydrogens is 293 g/mol. The monoisotopic (exact) mass is 304 g/mol. The molecule has 3 aromatic rings. The lowest BCUT2D eigenvalue weighted by Crippen LogP contribution is -2.22. The zero-order valence-electron chi connectivity index (χ0n) is 11.3. The highest BCUT2D eigenvalue weighted by Crippen LogP contribution is 2.29. The fourth-order valence-electron chi connectivity index (χ4n) is 2.22. The first kappa shape index (κ1) is 14.3. The van der Waals surface area contributed by atoms with Gasteiger partial charge in [-0.2, -0.15) is 18.3 Å². The van der Waals surface area contributed by atoms with Crippen LogP contribution in [0.4, 0.5) is 13.2 Å². The molecule has 22 heavy (non-hydrogen) atoms. The van der Waals surface area contributed by atoms with Gasteiger partial charge in [0, 0.05) is 11.5 Å². The summed E-state index contributed by atoms with van der Waals surface area (Å²) < 4.78 is 39.3. The molecule has 1 heterocycles. The van der Waals surface area contributed by atoms with Crippen molar-refractivity contribution in [3.8, 4) is 0 Å². The first-order valence-electron chi connectivity index (χ1n) is 6.56. The average molecular weight is 304 g/mol. The second-order valence-corrected chi connectivity index (χ2v) is 4.90. The summed E-state index contributed by atoms with van der Waals surface area (Å²) in [6.07, 6.45) is -4.40. The van der Waals surface area contributed by atoms with Gasteiger partial charge < -0.3 is 0 Å². The molecular formula is C16H11F3N2O. The van der Waals surface area contributed by atoms with E-state index < -0.39 is 11.7 Å². The number of alkyl halides is 3. The van der Waals surface area contributed by atoms with Gasteiger partial charge in [0.2, 0.25) is 0 Å². The van der Waals surface area contributed by atoms with Crippen molar-refractivity contribution in [3.05, 3.63) is 76.1 Å². The Morgan fingerprint density at radius 1 is 1.00 bits per heavy atom. The molecule has 0 spiro atoms. The second kappa shape index (κ2) is 5.29. The molecule has 0 aliphatic rings. The highest BCUT2D eigenvalue weighted by molar-refractivity contribution is 5.77. The van der Waals surface area contributed by atoms with Crippen LogP contribution in [-0.4, -0.2) is 9.78 Å². The molecule has 0 atom stereocenters. The topological polar surface area (TPSA) is 34.9 Å². The Hall–Kier alpha value is -2.63. The minimum Gasteiger partial charge on any atom is -0.268 e. The van der Waals surface area contributed by atoms with E-state index in [-0.39, 0.29) is 12.1 Å². The highest BCUT2D eigenvalue weighted by atomic mass is 19.4. The number of hydrogen-bond donors (Lipinski definition) is 0. The summed E-state index contributed by atoms with van der Waals surface area (Å²) in [4.78, 5) is 12.0. The molecule has 0 N–H and O–H groups in total. The Bertz CT molecular complexity index is 884. The molecule has 112 valence electrons. The molecule has 3 rings (SSSR count). The minimum atomic E-state index is -4.40. The minimum absolute atomic E-state index is 0.00636. The van der Waals surface area contributed by atoms with Crippen molar-refractivity contribution in [1.82, 2.24) is 9.78 Å². The van der Waals surface area contributed by atoms with E-state index in [1.165, 1.54) is 12.1 Å². The third-order valence-corrected chi connectivity index (χ3v) is 3.29. The maximum absolute atomic E-state index is 12.7. The van der Waals surface area contributed by atoms with Crippen LogP contribution in [0.5, 0.6) is 0 Å². The number of rotatable bonds is 2. The summed E-state index contributed by atoms with van der Waals surface area (Å²) in [6.45, 7) is -0.00636. The number of nitrogens with zero attached hydrogens (tertiary/aromatic N) is 2. The van der Waals surface area contributed by atoms with Crippen molar-refractivity contribution >= 4 is 10.9 Å². The number of halogens is 3. The van der Waals surface area contributed by atoms with Crippen LogP contribution in [0.3, 0.4) is 0 Å². The van der Waals surface area contributed by atoms with Crippen molar-refractivity contribution in [3.63, 3.8) is 0 Å². The molecule has 0 saturated heterocycles. The standard InChI is InChI=1S/C16H11F3N2O/c17-16(18,19)13-6-3-4-11(8-13)10-21-15(22)9-12-5-1-2-7-14(12)20-21/h1-9H,10H2. The molecule has 3 nitrogen and oxygen atoms in total. The third kappa shape index (κ3) is 2.86. The zero-order chi connectivity index (χ0) is 15.7. The van der Waals surface area contributed by atoms with Gasteiger partial charge in [-0.25, -0.2) is 4.68 Å². The molecule has 0 fully saturated rings. The van der Waals surface area contributed by atoms with Crippen molar-refractivity contribution in [2.45, 2.75) is 12.7 Å². The number of fused-ring (bicyclic) bond motifs is 1. The van der Waals surface area contributed by atoms with E-state index >= 15 is 0 Å². The summed E-state index contributed by atoms with van der Waals surface area (Å²) in [5, 5.41) is 4.89. The van der Waals surface area contributed by atoms with E-state index in [9.17, 15) is 18.0 Å². The molecule has 2 aromatic carbocycles. The Labute approximate surface area is 123 Å². The number of hydrogen-bond acceptors (Lipinski definition) is 2. The molecule has 0 unspecified atom stereocenters. The fourth-order valence-corrected chi connectivity index (χ4v) is 2.22. The fraction of sp³-hybridized carbons (Fsp3) is 0.125. The summed E-state index contributed by atoms with van der Waals surface area (Å²) in [7, 11) is 0. The molecule has 6 heteroatoms. The lowest BCUT2D eigenvalue weighted by molar-refractivity contribution is -0.137. The van der Waals surface area contributed by atoms with E-state index in [4.69, 9.17) is 0 Å². The van der Waals surface area contributed by atoms with Crippen LogP contribution in [0.2, 0.25) is 0 Å². The SMILES string of the molecule is O=c1cc2ccccc2nn1Cc1cccc(C(F)(F)F)c1. The molecule has 0 aliphatic heterocycles. The predicted octanol–water partition coefficient (Wildman–Crippen LogP) is 3.46. The Kier molecular flexibility index (Phi) is 3.44.